The first-order valence-corrected chi connectivity index (χ1v) is 5.35. The van der Waals surface area contributed by atoms with Crippen LogP contribution in [0.2, 0.25) is 0 Å². The topological polar surface area (TPSA) is 41.5 Å². The van der Waals surface area contributed by atoms with Gasteiger partial charge in [-0.25, -0.2) is 0 Å². The second-order valence-corrected chi connectivity index (χ2v) is 4.10. The number of hydrogen-bond acceptors (Lipinski definition) is 3. The third-order valence-corrected chi connectivity index (χ3v) is 2.77. The molecule has 15 heavy (non-hydrogen) atoms. The second kappa shape index (κ2) is 4.11. The van der Waals surface area contributed by atoms with Gasteiger partial charge in [-0.3, -0.25) is 0 Å². The lowest BCUT2D eigenvalue weighted by Crippen LogP contribution is -2.39. The molecular formula is C12H17NO2. The first kappa shape index (κ1) is 10.3. The highest BCUT2D eigenvalue weighted by molar-refractivity contribution is 5.59. The number of aryl methyl sites for hydroxylation is 1. The summed E-state index contributed by atoms with van der Waals surface area (Å²) in [6, 6.07) is 6.37. The Balaban J connectivity index is 2.22. The van der Waals surface area contributed by atoms with Crippen molar-refractivity contribution in [2.75, 3.05) is 11.9 Å². The molecule has 82 valence electrons. The Labute approximate surface area is 90.1 Å². The minimum Gasteiger partial charge on any atom is -0.486 e. The third kappa shape index (κ3) is 2.07. The zero-order chi connectivity index (χ0) is 10.8. The summed E-state index contributed by atoms with van der Waals surface area (Å²) in [5.41, 5.74) is 2.23. The lowest BCUT2D eigenvalue weighted by atomic mass is 10.1. The standard InChI is InChI=1S/C12H17NO2/c1-8-3-4-10-12(7-8)15-11(5-6-14)9(2)13-10/h3-4,7,9,11,13-14H,5-6H2,1-2H3. The molecule has 0 saturated heterocycles. The Morgan fingerprint density at radius 1 is 1.47 bits per heavy atom. The first-order chi connectivity index (χ1) is 7.20. The van der Waals surface area contributed by atoms with Crippen LogP contribution in [0, 0.1) is 6.92 Å². The molecule has 0 aliphatic carbocycles. The molecule has 3 nitrogen and oxygen atoms in total. The predicted molar refractivity (Wildman–Crippen MR) is 60.4 cm³/mol. The zero-order valence-corrected chi connectivity index (χ0v) is 9.16. The number of rotatable bonds is 2. The third-order valence-electron chi connectivity index (χ3n) is 2.77. The summed E-state index contributed by atoms with van der Waals surface area (Å²) < 4.78 is 5.84. The molecule has 0 spiro atoms. The van der Waals surface area contributed by atoms with Crippen LogP contribution in [0.25, 0.3) is 0 Å². The van der Waals surface area contributed by atoms with E-state index in [4.69, 9.17) is 9.84 Å². The molecule has 1 aromatic carbocycles. The SMILES string of the molecule is Cc1ccc2c(c1)OC(CCO)C(C)N2. The van der Waals surface area contributed by atoms with Crippen molar-refractivity contribution in [2.24, 2.45) is 0 Å². The number of hydrogen-bond donors (Lipinski definition) is 2. The van der Waals surface area contributed by atoms with Crippen LogP contribution in [0.1, 0.15) is 18.9 Å². The number of nitrogens with one attached hydrogen (secondary N) is 1. The molecule has 0 amide bonds. The molecule has 1 aliphatic rings. The average Bonchev–Trinajstić information content (AvgIpc) is 2.20. The van der Waals surface area contributed by atoms with E-state index >= 15 is 0 Å². The van der Waals surface area contributed by atoms with Gasteiger partial charge in [-0.1, -0.05) is 6.07 Å². The van der Waals surface area contributed by atoms with Gasteiger partial charge in [-0.05, 0) is 31.5 Å². The molecule has 0 bridgehead atoms. The van der Waals surface area contributed by atoms with Crippen LogP contribution >= 0.6 is 0 Å². The van der Waals surface area contributed by atoms with Gasteiger partial charge in [0.25, 0.3) is 0 Å². The first-order valence-electron chi connectivity index (χ1n) is 5.35. The molecule has 0 fully saturated rings. The Bertz CT molecular complexity index is 351. The maximum absolute atomic E-state index is 8.93. The number of aliphatic hydroxyl groups is 1. The van der Waals surface area contributed by atoms with Crippen molar-refractivity contribution in [2.45, 2.75) is 32.4 Å². The molecule has 2 rings (SSSR count). The van der Waals surface area contributed by atoms with Crippen LogP contribution in [0.3, 0.4) is 0 Å². The van der Waals surface area contributed by atoms with Crippen molar-refractivity contribution in [3.8, 4) is 5.75 Å². The number of ether oxygens (including phenoxy) is 1. The molecular weight excluding hydrogens is 190 g/mol. The Morgan fingerprint density at radius 3 is 3.00 bits per heavy atom. The van der Waals surface area contributed by atoms with Crippen LogP contribution < -0.4 is 10.1 Å². The van der Waals surface area contributed by atoms with E-state index in [9.17, 15) is 0 Å². The van der Waals surface area contributed by atoms with Crippen molar-refractivity contribution in [3.05, 3.63) is 23.8 Å². The van der Waals surface area contributed by atoms with Gasteiger partial charge in [0.05, 0.1) is 11.7 Å². The van der Waals surface area contributed by atoms with E-state index in [-0.39, 0.29) is 18.8 Å². The normalized spacial score (nSPS) is 23.9. The van der Waals surface area contributed by atoms with Crippen molar-refractivity contribution in [1.82, 2.24) is 0 Å². The molecule has 1 aliphatic heterocycles. The summed E-state index contributed by atoms with van der Waals surface area (Å²) in [6.07, 6.45) is 0.728. The number of fused-ring (bicyclic) bond motifs is 1. The number of anilines is 1. The smallest absolute Gasteiger partial charge is 0.143 e. The molecule has 0 aromatic heterocycles. The lowest BCUT2D eigenvalue weighted by Gasteiger charge is -2.33. The highest BCUT2D eigenvalue weighted by Crippen LogP contribution is 2.32. The average molecular weight is 207 g/mol. The van der Waals surface area contributed by atoms with E-state index in [2.05, 4.69) is 18.3 Å². The van der Waals surface area contributed by atoms with Gasteiger partial charge < -0.3 is 15.2 Å². The minimum absolute atomic E-state index is 0.0595. The Hall–Kier alpha value is -1.22. The van der Waals surface area contributed by atoms with Crippen molar-refractivity contribution < 1.29 is 9.84 Å². The largest absolute Gasteiger partial charge is 0.486 e. The summed E-state index contributed by atoms with van der Waals surface area (Å²) in [5.74, 6) is 0.895. The van der Waals surface area contributed by atoms with E-state index in [1.807, 2.05) is 19.1 Å². The molecule has 1 heterocycles. The van der Waals surface area contributed by atoms with Gasteiger partial charge in [0.1, 0.15) is 11.9 Å². The van der Waals surface area contributed by atoms with Gasteiger partial charge in [0.15, 0.2) is 0 Å². The maximum atomic E-state index is 8.93. The van der Waals surface area contributed by atoms with Crippen LogP contribution in [-0.4, -0.2) is 23.9 Å². The Kier molecular flexibility index (Phi) is 2.82. The summed E-state index contributed by atoms with van der Waals surface area (Å²) >= 11 is 0. The summed E-state index contributed by atoms with van der Waals surface area (Å²) in [5, 5.41) is 12.3. The monoisotopic (exact) mass is 207 g/mol. The molecule has 0 radical (unpaired) electrons. The van der Waals surface area contributed by atoms with E-state index in [0.29, 0.717) is 6.42 Å². The van der Waals surface area contributed by atoms with Crippen molar-refractivity contribution >= 4 is 5.69 Å². The van der Waals surface area contributed by atoms with E-state index in [1.54, 1.807) is 0 Å². The van der Waals surface area contributed by atoms with Gasteiger partial charge in [-0.2, -0.15) is 0 Å². The van der Waals surface area contributed by atoms with Gasteiger partial charge in [-0.15, -0.1) is 0 Å². The van der Waals surface area contributed by atoms with Gasteiger partial charge in [0, 0.05) is 13.0 Å². The highest BCUT2D eigenvalue weighted by Gasteiger charge is 2.25. The van der Waals surface area contributed by atoms with Crippen LogP contribution in [0.5, 0.6) is 5.75 Å². The molecule has 2 unspecified atom stereocenters. The fraction of sp³-hybridized carbons (Fsp3) is 0.500. The van der Waals surface area contributed by atoms with E-state index in [0.717, 1.165) is 11.4 Å². The quantitative estimate of drug-likeness (QED) is 0.778. The predicted octanol–water partition coefficient (Wildman–Crippen LogP) is 1.94. The molecule has 0 saturated carbocycles. The van der Waals surface area contributed by atoms with Gasteiger partial charge >= 0.3 is 0 Å². The molecule has 1 aromatic rings. The highest BCUT2D eigenvalue weighted by atomic mass is 16.5. The summed E-state index contributed by atoms with van der Waals surface area (Å²) in [7, 11) is 0. The molecule has 2 atom stereocenters. The summed E-state index contributed by atoms with van der Waals surface area (Å²) in [6.45, 7) is 4.28. The second-order valence-electron chi connectivity index (χ2n) is 4.10. The molecule has 2 N–H and O–H groups in total. The lowest BCUT2D eigenvalue weighted by molar-refractivity contribution is 0.134. The Morgan fingerprint density at radius 2 is 2.27 bits per heavy atom. The zero-order valence-electron chi connectivity index (χ0n) is 9.16. The minimum atomic E-state index is 0.0595. The number of aliphatic hydroxyl groups excluding tert-OH is 1. The fourth-order valence-electron chi connectivity index (χ4n) is 1.89. The van der Waals surface area contributed by atoms with Gasteiger partial charge in [0.2, 0.25) is 0 Å². The van der Waals surface area contributed by atoms with E-state index in [1.165, 1.54) is 5.56 Å². The summed E-state index contributed by atoms with van der Waals surface area (Å²) in [4.78, 5) is 0. The fourth-order valence-corrected chi connectivity index (χ4v) is 1.89. The van der Waals surface area contributed by atoms with E-state index < -0.39 is 0 Å². The van der Waals surface area contributed by atoms with Crippen LogP contribution in [0.15, 0.2) is 18.2 Å². The van der Waals surface area contributed by atoms with Crippen LogP contribution in [-0.2, 0) is 0 Å². The van der Waals surface area contributed by atoms with Crippen LogP contribution in [0.4, 0.5) is 5.69 Å². The maximum Gasteiger partial charge on any atom is 0.143 e. The number of benzene rings is 1. The van der Waals surface area contributed by atoms with Crippen molar-refractivity contribution in [1.29, 1.82) is 0 Å². The molecule has 3 heteroatoms. The van der Waals surface area contributed by atoms with Crippen molar-refractivity contribution in [3.63, 3.8) is 0 Å².